The van der Waals surface area contributed by atoms with Gasteiger partial charge in [0.25, 0.3) is 5.91 Å². The van der Waals surface area contributed by atoms with Crippen molar-refractivity contribution in [1.82, 2.24) is 0 Å². The number of carbonyl (C=O) groups is 2. The summed E-state index contributed by atoms with van der Waals surface area (Å²) in [6.45, 7) is 0. The first-order chi connectivity index (χ1) is 10.5. The van der Waals surface area contributed by atoms with Gasteiger partial charge >= 0.3 is 0 Å². The van der Waals surface area contributed by atoms with Crippen LogP contribution in [0, 0.1) is 0 Å². The van der Waals surface area contributed by atoms with Gasteiger partial charge in [-0.2, -0.15) is 0 Å². The van der Waals surface area contributed by atoms with Crippen LogP contribution in [0.15, 0.2) is 57.4 Å². The Bertz CT molecular complexity index is 852. The topological polar surface area (TPSA) is 82.4 Å². The SMILES string of the molecule is O=C(Nc1ccc(Br)cc1C(=O)[O-])c1cc2ccccc2o1. The Morgan fingerprint density at radius 3 is 2.59 bits per heavy atom. The molecule has 0 spiro atoms. The molecule has 0 saturated heterocycles. The fourth-order valence-electron chi connectivity index (χ4n) is 2.07. The number of nitrogens with one attached hydrogen (secondary N) is 1. The van der Waals surface area contributed by atoms with Crippen molar-refractivity contribution in [3.05, 3.63) is 64.3 Å². The lowest BCUT2D eigenvalue weighted by molar-refractivity contribution is -0.254. The number of anilines is 1. The fourth-order valence-corrected chi connectivity index (χ4v) is 2.43. The third-order valence-electron chi connectivity index (χ3n) is 3.10. The van der Waals surface area contributed by atoms with Gasteiger partial charge < -0.3 is 19.6 Å². The van der Waals surface area contributed by atoms with E-state index < -0.39 is 11.9 Å². The number of aromatic carboxylic acids is 1. The number of hydrogen-bond donors (Lipinski definition) is 1. The second-order valence-corrected chi connectivity index (χ2v) is 5.50. The fraction of sp³-hybridized carbons (Fsp3) is 0. The molecular formula is C16H9BrNO4-. The number of carboxylic acid groups (broad SMARTS) is 1. The number of fused-ring (bicyclic) bond motifs is 1. The lowest BCUT2D eigenvalue weighted by Gasteiger charge is -2.11. The highest BCUT2D eigenvalue weighted by Gasteiger charge is 2.14. The molecule has 0 atom stereocenters. The van der Waals surface area contributed by atoms with E-state index in [-0.39, 0.29) is 17.0 Å². The van der Waals surface area contributed by atoms with Crippen LogP contribution in [-0.2, 0) is 0 Å². The highest BCUT2D eigenvalue weighted by molar-refractivity contribution is 9.10. The molecular weight excluding hydrogens is 350 g/mol. The van der Waals surface area contributed by atoms with Crippen LogP contribution < -0.4 is 10.4 Å². The van der Waals surface area contributed by atoms with E-state index in [1.54, 1.807) is 24.3 Å². The molecule has 110 valence electrons. The van der Waals surface area contributed by atoms with Gasteiger partial charge in [0.15, 0.2) is 5.76 Å². The molecule has 6 heteroatoms. The Morgan fingerprint density at radius 1 is 1.09 bits per heavy atom. The van der Waals surface area contributed by atoms with Gasteiger partial charge in [0.2, 0.25) is 0 Å². The smallest absolute Gasteiger partial charge is 0.291 e. The van der Waals surface area contributed by atoms with Crippen molar-refractivity contribution in [3.8, 4) is 0 Å². The van der Waals surface area contributed by atoms with Crippen LogP contribution in [-0.4, -0.2) is 11.9 Å². The Kier molecular flexibility index (Phi) is 3.68. The Morgan fingerprint density at radius 2 is 1.86 bits per heavy atom. The van der Waals surface area contributed by atoms with Gasteiger partial charge in [-0.3, -0.25) is 4.79 Å². The van der Waals surface area contributed by atoms with Crippen molar-refractivity contribution in [1.29, 1.82) is 0 Å². The van der Waals surface area contributed by atoms with Crippen molar-refractivity contribution in [2.45, 2.75) is 0 Å². The molecule has 0 saturated carbocycles. The molecule has 0 bridgehead atoms. The standard InChI is InChI=1S/C16H10BrNO4/c17-10-5-6-12(11(8-10)16(20)21)18-15(19)14-7-9-3-1-2-4-13(9)22-14/h1-8H,(H,18,19)(H,20,21)/p-1. The normalized spacial score (nSPS) is 10.6. The average Bonchev–Trinajstić information content (AvgIpc) is 2.93. The molecule has 1 amide bonds. The summed E-state index contributed by atoms with van der Waals surface area (Å²) in [5.74, 6) is -1.80. The maximum Gasteiger partial charge on any atom is 0.291 e. The summed E-state index contributed by atoms with van der Waals surface area (Å²) in [6.07, 6.45) is 0. The minimum Gasteiger partial charge on any atom is -0.545 e. The lowest BCUT2D eigenvalue weighted by Crippen LogP contribution is -2.24. The molecule has 0 aliphatic rings. The van der Waals surface area contributed by atoms with Gasteiger partial charge in [0.05, 0.1) is 11.7 Å². The third kappa shape index (κ3) is 2.73. The van der Waals surface area contributed by atoms with Crippen LogP contribution in [0.25, 0.3) is 11.0 Å². The molecule has 0 aliphatic heterocycles. The number of halogens is 1. The third-order valence-corrected chi connectivity index (χ3v) is 3.59. The van der Waals surface area contributed by atoms with Crippen molar-refractivity contribution >= 4 is 44.5 Å². The van der Waals surface area contributed by atoms with Crippen LogP contribution in [0.2, 0.25) is 0 Å². The van der Waals surface area contributed by atoms with Gasteiger partial charge in [0, 0.05) is 15.4 Å². The number of para-hydroxylation sites is 1. The number of amides is 1. The number of carbonyl (C=O) groups excluding carboxylic acids is 2. The molecule has 0 fully saturated rings. The Labute approximate surface area is 133 Å². The van der Waals surface area contributed by atoms with E-state index >= 15 is 0 Å². The molecule has 5 nitrogen and oxygen atoms in total. The monoisotopic (exact) mass is 358 g/mol. The van der Waals surface area contributed by atoms with E-state index in [0.29, 0.717) is 10.1 Å². The van der Waals surface area contributed by atoms with Crippen LogP contribution >= 0.6 is 15.9 Å². The van der Waals surface area contributed by atoms with E-state index in [2.05, 4.69) is 21.2 Å². The molecule has 0 unspecified atom stereocenters. The van der Waals surface area contributed by atoms with E-state index in [4.69, 9.17) is 4.42 Å². The number of furan rings is 1. The highest BCUT2D eigenvalue weighted by atomic mass is 79.9. The van der Waals surface area contributed by atoms with Crippen LogP contribution in [0.4, 0.5) is 5.69 Å². The zero-order valence-corrected chi connectivity index (χ0v) is 12.7. The molecule has 3 rings (SSSR count). The van der Waals surface area contributed by atoms with Crippen LogP contribution in [0.3, 0.4) is 0 Å². The summed E-state index contributed by atoms with van der Waals surface area (Å²) in [6, 6.07) is 13.3. The van der Waals surface area contributed by atoms with Gasteiger partial charge in [0.1, 0.15) is 5.58 Å². The van der Waals surface area contributed by atoms with Crippen LogP contribution in [0.1, 0.15) is 20.9 Å². The molecule has 1 heterocycles. The first-order valence-corrected chi connectivity index (χ1v) is 7.15. The van der Waals surface area contributed by atoms with Gasteiger partial charge in [-0.15, -0.1) is 0 Å². The molecule has 1 N–H and O–H groups in total. The Hall–Kier alpha value is -2.60. The summed E-state index contributed by atoms with van der Waals surface area (Å²) < 4.78 is 6.02. The summed E-state index contributed by atoms with van der Waals surface area (Å²) in [4.78, 5) is 23.3. The minimum absolute atomic E-state index is 0.105. The molecule has 22 heavy (non-hydrogen) atoms. The predicted molar refractivity (Wildman–Crippen MR) is 82.6 cm³/mol. The predicted octanol–water partition coefficient (Wildman–Crippen LogP) is 2.81. The summed E-state index contributed by atoms with van der Waals surface area (Å²) >= 11 is 3.18. The van der Waals surface area contributed by atoms with Gasteiger partial charge in [-0.25, -0.2) is 0 Å². The number of benzene rings is 2. The van der Waals surface area contributed by atoms with Crippen molar-refractivity contribution < 1.29 is 19.1 Å². The molecule has 3 aromatic rings. The average molecular weight is 359 g/mol. The first kappa shape index (κ1) is 14.3. The van der Waals surface area contributed by atoms with Gasteiger partial charge in [-0.1, -0.05) is 34.1 Å². The van der Waals surface area contributed by atoms with Gasteiger partial charge in [-0.05, 0) is 30.3 Å². The largest absolute Gasteiger partial charge is 0.545 e. The van der Waals surface area contributed by atoms with Crippen molar-refractivity contribution in [2.24, 2.45) is 0 Å². The summed E-state index contributed by atoms with van der Waals surface area (Å²) in [5, 5.41) is 14.4. The van der Waals surface area contributed by atoms with E-state index in [1.165, 1.54) is 12.1 Å². The van der Waals surface area contributed by atoms with Crippen LogP contribution in [0.5, 0.6) is 0 Å². The van der Waals surface area contributed by atoms with Crippen molar-refractivity contribution in [2.75, 3.05) is 5.32 Å². The lowest BCUT2D eigenvalue weighted by atomic mass is 10.1. The number of rotatable bonds is 3. The zero-order chi connectivity index (χ0) is 15.7. The minimum atomic E-state index is -1.37. The number of carboxylic acids is 1. The van der Waals surface area contributed by atoms with E-state index in [9.17, 15) is 14.7 Å². The molecule has 0 aliphatic carbocycles. The summed E-state index contributed by atoms with van der Waals surface area (Å²) in [7, 11) is 0. The van der Waals surface area contributed by atoms with E-state index in [1.807, 2.05) is 12.1 Å². The zero-order valence-electron chi connectivity index (χ0n) is 11.1. The quantitative estimate of drug-likeness (QED) is 0.780. The first-order valence-electron chi connectivity index (χ1n) is 6.35. The van der Waals surface area contributed by atoms with E-state index in [0.717, 1.165) is 5.39 Å². The molecule has 1 aromatic heterocycles. The maximum atomic E-state index is 12.2. The Balaban J connectivity index is 1.92. The van der Waals surface area contributed by atoms with Crippen molar-refractivity contribution in [3.63, 3.8) is 0 Å². The summed E-state index contributed by atoms with van der Waals surface area (Å²) in [5.41, 5.74) is 0.621. The second-order valence-electron chi connectivity index (χ2n) is 4.58. The second kappa shape index (κ2) is 5.65. The highest BCUT2D eigenvalue weighted by Crippen LogP contribution is 2.23. The molecule has 0 radical (unpaired) electrons. The maximum absolute atomic E-state index is 12.2. The molecule has 2 aromatic carbocycles. The number of hydrogen-bond acceptors (Lipinski definition) is 4.